The second-order valence-corrected chi connectivity index (χ2v) is 9.06. The molecule has 6 nitrogen and oxygen atoms in total. The Labute approximate surface area is 169 Å². The van der Waals surface area contributed by atoms with Crippen LogP contribution in [0.2, 0.25) is 0 Å². The van der Waals surface area contributed by atoms with Gasteiger partial charge in [-0.2, -0.15) is 0 Å². The van der Waals surface area contributed by atoms with Gasteiger partial charge in [-0.05, 0) is 48.6 Å². The van der Waals surface area contributed by atoms with E-state index in [0.29, 0.717) is 5.92 Å². The Bertz CT molecular complexity index is 716. The summed E-state index contributed by atoms with van der Waals surface area (Å²) in [6, 6.07) is 11.0. The maximum atomic E-state index is 4.49. The first-order valence-electron chi connectivity index (χ1n) is 10.7. The Morgan fingerprint density at radius 3 is 2.32 bits per heavy atom. The van der Waals surface area contributed by atoms with Crippen molar-refractivity contribution in [3.8, 4) is 0 Å². The number of aromatic nitrogens is 4. The molecule has 0 saturated carbocycles. The molecule has 6 heteroatoms. The van der Waals surface area contributed by atoms with Crippen molar-refractivity contribution in [2.75, 3.05) is 26.2 Å². The van der Waals surface area contributed by atoms with Crippen molar-refractivity contribution in [2.24, 2.45) is 5.92 Å². The number of tetrazole rings is 1. The Morgan fingerprint density at radius 2 is 1.71 bits per heavy atom. The number of nitrogens with zero attached hydrogens (tertiary/aromatic N) is 6. The first kappa shape index (κ1) is 20.9. The number of hydrogen-bond donors (Lipinski definition) is 0. The fourth-order valence-corrected chi connectivity index (χ4v) is 3.92. The number of rotatable bonds is 8. The number of piperazine rings is 1. The van der Waals surface area contributed by atoms with E-state index in [1.807, 2.05) is 0 Å². The van der Waals surface area contributed by atoms with Crippen LogP contribution in [0, 0.1) is 5.92 Å². The van der Waals surface area contributed by atoms with Crippen molar-refractivity contribution < 1.29 is 0 Å². The number of hydrogen-bond acceptors (Lipinski definition) is 5. The lowest BCUT2D eigenvalue weighted by Gasteiger charge is -2.40. The highest BCUT2D eigenvalue weighted by atomic mass is 15.6. The van der Waals surface area contributed by atoms with Gasteiger partial charge in [-0.3, -0.25) is 9.80 Å². The molecule has 1 saturated heterocycles. The van der Waals surface area contributed by atoms with Crippen LogP contribution in [0.3, 0.4) is 0 Å². The van der Waals surface area contributed by atoms with E-state index in [0.717, 1.165) is 51.4 Å². The summed E-state index contributed by atoms with van der Waals surface area (Å²) in [7, 11) is 0. The molecule has 1 fully saturated rings. The SMILES string of the molecule is CCC(C)(C)n1nnnc1C(CC(C)C)N1CCN(Cc2ccccc2)CC1. The van der Waals surface area contributed by atoms with Gasteiger partial charge in [0.1, 0.15) is 0 Å². The zero-order chi connectivity index (χ0) is 20.1. The summed E-state index contributed by atoms with van der Waals surface area (Å²) in [6.07, 6.45) is 2.09. The van der Waals surface area contributed by atoms with Crippen molar-refractivity contribution in [3.05, 3.63) is 41.7 Å². The van der Waals surface area contributed by atoms with Crippen LogP contribution in [0.1, 0.15) is 64.9 Å². The van der Waals surface area contributed by atoms with Crippen LogP contribution in [0.15, 0.2) is 30.3 Å². The summed E-state index contributed by atoms with van der Waals surface area (Å²) >= 11 is 0. The highest BCUT2D eigenvalue weighted by Crippen LogP contribution is 2.30. The molecule has 154 valence electrons. The van der Waals surface area contributed by atoms with Crippen molar-refractivity contribution in [2.45, 2.75) is 65.6 Å². The molecule has 2 heterocycles. The van der Waals surface area contributed by atoms with Crippen LogP contribution in [-0.4, -0.2) is 56.2 Å². The van der Waals surface area contributed by atoms with Gasteiger partial charge in [0.2, 0.25) is 0 Å². The van der Waals surface area contributed by atoms with Gasteiger partial charge in [0.15, 0.2) is 5.82 Å². The smallest absolute Gasteiger partial charge is 0.168 e. The summed E-state index contributed by atoms with van der Waals surface area (Å²) in [5.41, 5.74) is 1.33. The maximum absolute atomic E-state index is 4.49. The monoisotopic (exact) mass is 384 g/mol. The average molecular weight is 385 g/mol. The van der Waals surface area contributed by atoms with E-state index in [4.69, 9.17) is 0 Å². The second-order valence-electron chi connectivity index (χ2n) is 9.06. The van der Waals surface area contributed by atoms with Gasteiger partial charge in [0.05, 0.1) is 11.6 Å². The van der Waals surface area contributed by atoms with E-state index in [2.05, 4.69) is 95.0 Å². The van der Waals surface area contributed by atoms with Crippen molar-refractivity contribution in [1.29, 1.82) is 0 Å². The molecular weight excluding hydrogens is 348 g/mol. The number of benzene rings is 1. The van der Waals surface area contributed by atoms with Crippen LogP contribution in [0.5, 0.6) is 0 Å². The molecule has 1 aromatic heterocycles. The lowest BCUT2D eigenvalue weighted by atomic mass is 9.98. The molecule has 28 heavy (non-hydrogen) atoms. The molecule has 1 aliphatic heterocycles. The molecule has 0 spiro atoms. The van der Waals surface area contributed by atoms with E-state index in [-0.39, 0.29) is 11.6 Å². The molecule has 0 bridgehead atoms. The van der Waals surface area contributed by atoms with E-state index in [9.17, 15) is 0 Å². The topological polar surface area (TPSA) is 50.1 Å². The summed E-state index contributed by atoms with van der Waals surface area (Å²) in [5.74, 6) is 1.62. The molecule has 0 N–H and O–H groups in total. The Hall–Kier alpha value is -1.79. The van der Waals surface area contributed by atoms with E-state index in [1.54, 1.807) is 0 Å². The molecule has 2 aromatic rings. The minimum absolute atomic E-state index is 0.0663. The summed E-state index contributed by atoms with van der Waals surface area (Å²) in [4.78, 5) is 5.15. The lowest BCUT2D eigenvalue weighted by molar-refractivity contribution is 0.0737. The molecule has 1 aliphatic rings. The maximum Gasteiger partial charge on any atom is 0.168 e. The van der Waals surface area contributed by atoms with Crippen LogP contribution in [0.4, 0.5) is 0 Å². The quantitative estimate of drug-likeness (QED) is 0.694. The highest BCUT2D eigenvalue weighted by Gasteiger charge is 2.33. The third kappa shape index (κ3) is 4.97. The molecular formula is C22H36N6. The lowest BCUT2D eigenvalue weighted by Crippen LogP contribution is -2.48. The average Bonchev–Trinajstić information content (AvgIpc) is 3.18. The summed E-state index contributed by atoms with van der Waals surface area (Å²) < 4.78 is 2.07. The molecule has 1 aromatic carbocycles. The van der Waals surface area contributed by atoms with Gasteiger partial charge in [-0.15, -0.1) is 5.10 Å². The normalized spacial score (nSPS) is 17.9. The highest BCUT2D eigenvalue weighted by molar-refractivity contribution is 5.14. The van der Waals surface area contributed by atoms with E-state index < -0.39 is 0 Å². The molecule has 1 unspecified atom stereocenters. The Balaban J connectivity index is 1.71. The van der Waals surface area contributed by atoms with Crippen molar-refractivity contribution >= 4 is 0 Å². The predicted octanol–water partition coefficient (Wildman–Crippen LogP) is 3.72. The Kier molecular flexibility index (Phi) is 6.83. The largest absolute Gasteiger partial charge is 0.297 e. The fraction of sp³-hybridized carbons (Fsp3) is 0.682. The van der Waals surface area contributed by atoms with Crippen LogP contribution in [0.25, 0.3) is 0 Å². The zero-order valence-corrected chi connectivity index (χ0v) is 18.2. The van der Waals surface area contributed by atoms with E-state index in [1.165, 1.54) is 5.56 Å². The van der Waals surface area contributed by atoms with Crippen LogP contribution in [-0.2, 0) is 12.1 Å². The summed E-state index contributed by atoms with van der Waals surface area (Å²) in [6.45, 7) is 16.5. The third-order valence-electron chi connectivity index (χ3n) is 6.02. The second kappa shape index (κ2) is 9.14. The van der Waals surface area contributed by atoms with Gasteiger partial charge < -0.3 is 0 Å². The molecule has 0 radical (unpaired) electrons. The van der Waals surface area contributed by atoms with Crippen molar-refractivity contribution in [1.82, 2.24) is 30.0 Å². The van der Waals surface area contributed by atoms with Gasteiger partial charge in [-0.25, -0.2) is 4.68 Å². The van der Waals surface area contributed by atoms with Crippen LogP contribution >= 0.6 is 0 Å². The predicted molar refractivity (Wildman–Crippen MR) is 113 cm³/mol. The minimum atomic E-state index is -0.0663. The van der Waals surface area contributed by atoms with Gasteiger partial charge >= 0.3 is 0 Å². The standard InChI is InChI=1S/C22H36N6/c1-6-22(4,5)28-21(23-24-25-28)20(16-18(2)3)27-14-12-26(13-15-27)17-19-10-8-7-9-11-19/h7-11,18,20H,6,12-17H2,1-5H3. The molecule has 0 amide bonds. The summed E-state index contributed by atoms with van der Waals surface area (Å²) in [5, 5.41) is 12.9. The van der Waals surface area contributed by atoms with E-state index >= 15 is 0 Å². The zero-order valence-electron chi connectivity index (χ0n) is 18.2. The fourth-order valence-electron chi connectivity index (χ4n) is 3.92. The Morgan fingerprint density at radius 1 is 1.04 bits per heavy atom. The minimum Gasteiger partial charge on any atom is -0.297 e. The first-order valence-corrected chi connectivity index (χ1v) is 10.7. The molecule has 1 atom stereocenters. The molecule has 0 aliphatic carbocycles. The van der Waals surface area contributed by atoms with Crippen LogP contribution < -0.4 is 0 Å². The van der Waals surface area contributed by atoms with Gasteiger partial charge in [0, 0.05) is 32.7 Å². The first-order chi connectivity index (χ1) is 13.4. The third-order valence-corrected chi connectivity index (χ3v) is 6.02. The van der Waals surface area contributed by atoms with Gasteiger partial charge in [0.25, 0.3) is 0 Å². The van der Waals surface area contributed by atoms with Gasteiger partial charge in [-0.1, -0.05) is 51.1 Å². The molecule has 3 rings (SSSR count). The van der Waals surface area contributed by atoms with Crippen molar-refractivity contribution in [3.63, 3.8) is 0 Å².